The Morgan fingerprint density at radius 3 is 2.63 bits per heavy atom. The van der Waals surface area contributed by atoms with Crippen LogP contribution in [0.4, 0.5) is 11.4 Å². The molecule has 0 aliphatic heterocycles. The summed E-state index contributed by atoms with van der Waals surface area (Å²) in [5.74, 6) is 0.876. The van der Waals surface area contributed by atoms with Gasteiger partial charge in [0.1, 0.15) is 5.75 Å². The first kappa shape index (κ1) is 13.3. The molecule has 2 rings (SSSR count). The van der Waals surface area contributed by atoms with E-state index in [4.69, 9.17) is 10.5 Å². The molecule has 0 unspecified atom stereocenters. The molecule has 0 heterocycles. The Labute approximate surface area is 114 Å². The summed E-state index contributed by atoms with van der Waals surface area (Å²) >= 11 is 0. The van der Waals surface area contributed by atoms with Crippen LogP contribution in [-0.4, -0.2) is 6.10 Å². The molecule has 2 aromatic carbocycles. The zero-order chi connectivity index (χ0) is 13.7. The van der Waals surface area contributed by atoms with Crippen molar-refractivity contribution in [1.82, 2.24) is 0 Å². The van der Waals surface area contributed by atoms with Crippen LogP contribution >= 0.6 is 0 Å². The highest BCUT2D eigenvalue weighted by atomic mass is 16.5. The number of benzene rings is 2. The Bertz CT molecular complexity index is 538. The lowest BCUT2D eigenvalue weighted by Crippen LogP contribution is -2.06. The Kier molecular flexibility index (Phi) is 4.29. The number of ether oxygens (including phenoxy) is 1. The van der Waals surface area contributed by atoms with Crippen LogP contribution < -0.4 is 15.8 Å². The quantitative estimate of drug-likeness (QED) is 0.802. The molecule has 19 heavy (non-hydrogen) atoms. The number of hydrogen-bond acceptors (Lipinski definition) is 3. The first-order chi connectivity index (χ1) is 9.15. The Balaban J connectivity index is 2.02. The number of anilines is 2. The molecule has 0 atom stereocenters. The van der Waals surface area contributed by atoms with Crippen molar-refractivity contribution in [1.29, 1.82) is 0 Å². The van der Waals surface area contributed by atoms with Crippen molar-refractivity contribution in [2.75, 3.05) is 11.1 Å². The number of nitrogen functional groups attached to an aromatic ring is 1. The van der Waals surface area contributed by atoms with Crippen LogP contribution in [0.25, 0.3) is 0 Å². The molecule has 0 fully saturated rings. The van der Waals surface area contributed by atoms with Crippen molar-refractivity contribution in [2.24, 2.45) is 0 Å². The van der Waals surface area contributed by atoms with E-state index in [1.54, 1.807) is 0 Å². The van der Waals surface area contributed by atoms with Gasteiger partial charge in [-0.15, -0.1) is 0 Å². The van der Waals surface area contributed by atoms with E-state index in [1.807, 2.05) is 62.4 Å². The highest BCUT2D eigenvalue weighted by Crippen LogP contribution is 2.20. The third kappa shape index (κ3) is 3.91. The highest BCUT2D eigenvalue weighted by Gasteiger charge is 2.01. The lowest BCUT2D eigenvalue weighted by atomic mass is 10.2. The van der Waals surface area contributed by atoms with Gasteiger partial charge < -0.3 is 15.8 Å². The number of nitrogens with one attached hydrogen (secondary N) is 1. The summed E-state index contributed by atoms with van der Waals surface area (Å²) in [7, 11) is 0. The van der Waals surface area contributed by atoms with Gasteiger partial charge in [0.05, 0.1) is 6.10 Å². The van der Waals surface area contributed by atoms with Crippen molar-refractivity contribution in [2.45, 2.75) is 26.5 Å². The van der Waals surface area contributed by atoms with E-state index < -0.39 is 0 Å². The molecular weight excluding hydrogens is 236 g/mol. The van der Waals surface area contributed by atoms with Gasteiger partial charge in [-0.2, -0.15) is 0 Å². The molecule has 0 saturated heterocycles. The van der Waals surface area contributed by atoms with Gasteiger partial charge >= 0.3 is 0 Å². The average Bonchev–Trinajstić information content (AvgIpc) is 2.37. The second-order valence-corrected chi connectivity index (χ2v) is 4.75. The molecule has 100 valence electrons. The van der Waals surface area contributed by atoms with E-state index in [0.29, 0.717) is 6.54 Å². The van der Waals surface area contributed by atoms with Gasteiger partial charge in [-0.05, 0) is 37.6 Å². The molecule has 0 bridgehead atoms. The maximum absolute atomic E-state index is 5.92. The summed E-state index contributed by atoms with van der Waals surface area (Å²) in [6.45, 7) is 4.74. The van der Waals surface area contributed by atoms with E-state index in [2.05, 4.69) is 5.32 Å². The van der Waals surface area contributed by atoms with Gasteiger partial charge in [-0.3, -0.25) is 0 Å². The fourth-order valence-electron chi connectivity index (χ4n) is 1.84. The van der Waals surface area contributed by atoms with E-state index in [9.17, 15) is 0 Å². The second-order valence-electron chi connectivity index (χ2n) is 4.75. The monoisotopic (exact) mass is 256 g/mol. The Morgan fingerprint density at radius 1 is 1.11 bits per heavy atom. The zero-order valence-electron chi connectivity index (χ0n) is 11.4. The molecule has 2 aromatic rings. The van der Waals surface area contributed by atoms with Crippen molar-refractivity contribution in [3.8, 4) is 5.75 Å². The van der Waals surface area contributed by atoms with E-state index in [0.717, 1.165) is 22.7 Å². The SMILES string of the molecule is CC(C)Oc1cccc(NCc2ccccc2N)c1. The molecule has 0 radical (unpaired) electrons. The van der Waals surface area contributed by atoms with Crippen LogP contribution in [0.3, 0.4) is 0 Å². The van der Waals surface area contributed by atoms with Crippen LogP contribution in [0, 0.1) is 0 Å². The predicted octanol–water partition coefficient (Wildman–Crippen LogP) is 3.67. The number of para-hydroxylation sites is 1. The molecule has 0 aliphatic rings. The van der Waals surface area contributed by atoms with Crippen LogP contribution in [0.5, 0.6) is 5.75 Å². The molecule has 0 aromatic heterocycles. The van der Waals surface area contributed by atoms with Crippen molar-refractivity contribution in [3.05, 3.63) is 54.1 Å². The molecule has 0 aliphatic carbocycles. The minimum atomic E-state index is 0.181. The van der Waals surface area contributed by atoms with Crippen molar-refractivity contribution in [3.63, 3.8) is 0 Å². The second kappa shape index (κ2) is 6.14. The van der Waals surface area contributed by atoms with Crippen LogP contribution in [0.2, 0.25) is 0 Å². The highest BCUT2D eigenvalue weighted by molar-refractivity contribution is 5.52. The Morgan fingerprint density at radius 2 is 1.89 bits per heavy atom. The minimum absolute atomic E-state index is 0.181. The predicted molar refractivity (Wildman–Crippen MR) is 80.4 cm³/mol. The van der Waals surface area contributed by atoms with Gasteiger partial charge in [0.15, 0.2) is 0 Å². The topological polar surface area (TPSA) is 47.3 Å². The fourth-order valence-corrected chi connectivity index (χ4v) is 1.84. The molecule has 0 saturated carbocycles. The molecule has 0 spiro atoms. The Hall–Kier alpha value is -2.16. The number of rotatable bonds is 5. The summed E-state index contributed by atoms with van der Waals surface area (Å²) < 4.78 is 5.67. The first-order valence-corrected chi connectivity index (χ1v) is 6.49. The lowest BCUT2D eigenvalue weighted by molar-refractivity contribution is 0.242. The molecular formula is C16H20N2O. The molecule has 3 N–H and O–H groups in total. The lowest BCUT2D eigenvalue weighted by Gasteiger charge is -2.12. The van der Waals surface area contributed by atoms with Crippen LogP contribution in [0.15, 0.2) is 48.5 Å². The van der Waals surface area contributed by atoms with Gasteiger partial charge in [0, 0.05) is 24.0 Å². The largest absolute Gasteiger partial charge is 0.491 e. The summed E-state index contributed by atoms with van der Waals surface area (Å²) in [5, 5.41) is 3.36. The minimum Gasteiger partial charge on any atom is -0.491 e. The van der Waals surface area contributed by atoms with Gasteiger partial charge in [0.25, 0.3) is 0 Å². The van der Waals surface area contributed by atoms with E-state index in [-0.39, 0.29) is 6.10 Å². The number of nitrogens with two attached hydrogens (primary N) is 1. The maximum atomic E-state index is 5.92. The normalized spacial score (nSPS) is 10.5. The standard InChI is InChI=1S/C16H20N2O/c1-12(2)19-15-8-5-7-14(10-15)18-11-13-6-3-4-9-16(13)17/h3-10,12,18H,11,17H2,1-2H3. The van der Waals surface area contributed by atoms with Gasteiger partial charge in [-0.25, -0.2) is 0 Å². The van der Waals surface area contributed by atoms with E-state index >= 15 is 0 Å². The summed E-state index contributed by atoms with van der Waals surface area (Å²) in [6.07, 6.45) is 0.181. The molecule has 3 nitrogen and oxygen atoms in total. The summed E-state index contributed by atoms with van der Waals surface area (Å²) in [5.41, 5.74) is 8.85. The summed E-state index contributed by atoms with van der Waals surface area (Å²) in [6, 6.07) is 15.8. The number of hydrogen-bond donors (Lipinski definition) is 2. The first-order valence-electron chi connectivity index (χ1n) is 6.49. The third-order valence-corrected chi connectivity index (χ3v) is 2.74. The summed E-state index contributed by atoms with van der Waals surface area (Å²) in [4.78, 5) is 0. The molecule has 3 heteroatoms. The molecule has 0 amide bonds. The van der Waals surface area contributed by atoms with Crippen molar-refractivity contribution >= 4 is 11.4 Å². The van der Waals surface area contributed by atoms with Crippen LogP contribution in [-0.2, 0) is 6.54 Å². The average molecular weight is 256 g/mol. The zero-order valence-corrected chi connectivity index (χ0v) is 11.4. The smallest absolute Gasteiger partial charge is 0.121 e. The van der Waals surface area contributed by atoms with E-state index in [1.165, 1.54) is 0 Å². The maximum Gasteiger partial charge on any atom is 0.121 e. The van der Waals surface area contributed by atoms with Gasteiger partial charge in [0.2, 0.25) is 0 Å². The van der Waals surface area contributed by atoms with Crippen molar-refractivity contribution < 1.29 is 4.74 Å². The third-order valence-electron chi connectivity index (χ3n) is 2.74. The fraction of sp³-hybridized carbons (Fsp3) is 0.250. The van der Waals surface area contributed by atoms with Gasteiger partial charge in [-0.1, -0.05) is 24.3 Å². The van der Waals surface area contributed by atoms with Crippen LogP contribution in [0.1, 0.15) is 19.4 Å².